The summed E-state index contributed by atoms with van der Waals surface area (Å²) < 4.78 is 17.1. The van der Waals surface area contributed by atoms with Crippen molar-refractivity contribution in [2.24, 2.45) is 5.41 Å². The Labute approximate surface area is 205 Å². The number of esters is 1. The molecule has 1 aromatic heterocycles. The Morgan fingerprint density at radius 1 is 1.00 bits per heavy atom. The van der Waals surface area contributed by atoms with Crippen LogP contribution in [0.25, 0.3) is 11.1 Å². The molecule has 0 amide bonds. The molecule has 7 nitrogen and oxygen atoms in total. The van der Waals surface area contributed by atoms with Gasteiger partial charge in [0.05, 0.1) is 25.7 Å². The largest absolute Gasteiger partial charge is 0.469 e. The Kier molecular flexibility index (Phi) is 5.60. The molecule has 0 unspecified atom stereocenters. The second-order valence-corrected chi connectivity index (χ2v) is 10.4. The maximum atomic E-state index is 11.8. The lowest BCUT2D eigenvalue weighted by Crippen LogP contribution is -2.50. The molecule has 0 spiro atoms. The number of ether oxygens (including phenoxy) is 2. The number of hydrogen-bond acceptors (Lipinski definition) is 7. The van der Waals surface area contributed by atoms with Crippen LogP contribution in [0.3, 0.4) is 0 Å². The van der Waals surface area contributed by atoms with Gasteiger partial charge in [-0.25, -0.2) is 0 Å². The molecule has 0 atom stereocenters. The first-order valence-electron chi connectivity index (χ1n) is 12.6. The van der Waals surface area contributed by atoms with E-state index in [1.165, 1.54) is 19.1 Å². The molecule has 182 valence electrons. The fraction of sp³-hybridized carbons (Fsp3) is 0.464. The van der Waals surface area contributed by atoms with Crippen LogP contribution < -0.4 is 5.32 Å². The van der Waals surface area contributed by atoms with Gasteiger partial charge in [0.15, 0.2) is 0 Å². The first kappa shape index (κ1) is 22.3. The Hall–Kier alpha value is -3.19. The van der Waals surface area contributed by atoms with Crippen molar-refractivity contribution in [3.63, 3.8) is 0 Å². The van der Waals surface area contributed by atoms with E-state index in [9.17, 15) is 4.79 Å². The van der Waals surface area contributed by atoms with Gasteiger partial charge >= 0.3 is 12.0 Å². The predicted octanol–water partition coefficient (Wildman–Crippen LogP) is 6.10. The Bertz CT molecular complexity index is 1170. The van der Waals surface area contributed by atoms with Crippen LogP contribution in [0.2, 0.25) is 0 Å². The molecule has 1 N–H and O–H groups in total. The third kappa shape index (κ3) is 4.22. The van der Waals surface area contributed by atoms with Crippen LogP contribution in [-0.2, 0) is 19.9 Å². The van der Waals surface area contributed by atoms with E-state index in [1.807, 2.05) is 12.1 Å². The molecule has 2 aromatic carbocycles. The van der Waals surface area contributed by atoms with Crippen LogP contribution in [0, 0.1) is 5.41 Å². The number of nitrogens with one attached hydrogen (secondary N) is 1. The average molecular weight is 474 g/mol. The normalized spacial score (nSPS) is 25.7. The number of rotatable bonds is 7. The molecule has 3 heterocycles. The van der Waals surface area contributed by atoms with Gasteiger partial charge in [0.25, 0.3) is 0 Å². The molecule has 2 aliphatic carbocycles. The molecule has 2 saturated carbocycles. The molecule has 7 rings (SSSR count). The molecular weight excluding hydrogens is 442 g/mol. The first-order valence-corrected chi connectivity index (χ1v) is 12.6. The number of fused-ring (bicyclic) bond motifs is 3. The van der Waals surface area contributed by atoms with E-state index in [0.29, 0.717) is 25.0 Å². The van der Waals surface area contributed by atoms with Gasteiger partial charge in [-0.05, 0) is 67.3 Å². The number of anilines is 2. The third-order valence-electron chi connectivity index (χ3n) is 8.30. The number of aromatic nitrogens is 2. The Morgan fingerprint density at radius 3 is 2.26 bits per heavy atom. The van der Waals surface area contributed by atoms with Crippen LogP contribution in [-0.4, -0.2) is 29.9 Å². The number of carbonyl (C=O) groups excluding carboxylic acids is 1. The maximum Gasteiger partial charge on any atom is 0.320 e. The Morgan fingerprint density at radius 2 is 1.69 bits per heavy atom. The topological polar surface area (TPSA) is 86.5 Å². The van der Waals surface area contributed by atoms with E-state index >= 15 is 0 Å². The number of methoxy groups -OCH3 is 1. The monoisotopic (exact) mass is 473 g/mol. The summed E-state index contributed by atoms with van der Waals surface area (Å²) in [5.41, 5.74) is 4.17. The number of hydrogen-bond donors (Lipinski definition) is 1. The van der Waals surface area contributed by atoms with Crippen LogP contribution >= 0.6 is 0 Å². The second-order valence-electron chi connectivity index (χ2n) is 10.4. The summed E-state index contributed by atoms with van der Waals surface area (Å²) in [7, 11) is 1.46. The highest BCUT2D eigenvalue weighted by molar-refractivity contribution is 5.70. The summed E-state index contributed by atoms with van der Waals surface area (Å²) in [4.78, 5) is 11.8. The summed E-state index contributed by atoms with van der Waals surface area (Å²) >= 11 is 0. The molecule has 0 radical (unpaired) electrons. The van der Waals surface area contributed by atoms with Gasteiger partial charge in [-0.1, -0.05) is 47.9 Å². The maximum absolute atomic E-state index is 11.8. The SMILES string of the molecule is COC(=O)CC12CCC(c3ccc(-c4ccc(Nc5nnc(C6CCC6)o5)cc4)cc3)(CC1)OC2. The van der Waals surface area contributed by atoms with Gasteiger partial charge in [-0.15, -0.1) is 5.10 Å². The summed E-state index contributed by atoms with van der Waals surface area (Å²) in [5.74, 6) is 1.03. The van der Waals surface area contributed by atoms with Crippen molar-refractivity contribution in [1.82, 2.24) is 10.2 Å². The number of benzene rings is 2. The van der Waals surface area contributed by atoms with E-state index in [-0.39, 0.29) is 17.0 Å². The average Bonchev–Trinajstić information content (AvgIpc) is 3.32. The van der Waals surface area contributed by atoms with E-state index in [1.54, 1.807) is 0 Å². The quantitative estimate of drug-likeness (QED) is 0.415. The highest BCUT2D eigenvalue weighted by Gasteiger charge is 2.51. The molecule has 3 aromatic rings. The summed E-state index contributed by atoms with van der Waals surface area (Å²) in [5, 5.41) is 11.5. The lowest BCUT2D eigenvalue weighted by atomic mass is 9.63. The minimum Gasteiger partial charge on any atom is -0.469 e. The zero-order chi connectivity index (χ0) is 23.9. The van der Waals surface area contributed by atoms with Gasteiger partial charge in [0.1, 0.15) is 0 Å². The zero-order valence-electron chi connectivity index (χ0n) is 20.1. The van der Waals surface area contributed by atoms with Gasteiger partial charge in [-0.2, -0.15) is 0 Å². The molecule has 2 bridgehead atoms. The van der Waals surface area contributed by atoms with Crippen molar-refractivity contribution >= 4 is 17.7 Å². The number of nitrogens with zero attached hydrogens (tertiary/aromatic N) is 2. The third-order valence-corrected chi connectivity index (χ3v) is 8.30. The lowest BCUT2D eigenvalue weighted by Gasteiger charge is -2.53. The molecular formula is C28H31N3O4. The molecule has 2 saturated heterocycles. The Balaban J connectivity index is 1.10. The zero-order valence-corrected chi connectivity index (χ0v) is 20.1. The van der Waals surface area contributed by atoms with Gasteiger partial charge in [0.2, 0.25) is 5.89 Å². The highest BCUT2D eigenvalue weighted by Crippen LogP contribution is 2.55. The van der Waals surface area contributed by atoms with Gasteiger partial charge in [0, 0.05) is 17.0 Å². The summed E-state index contributed by atoms with van der Waals surface area (Å²) in [6, 6.07) is 17.4. The van der Waals surface area contributed by atoms with Crippen molar-refractivity contribution in [2.45, 2.75) is 62.9 Å². The van der Waals surface area contributed by atoms with Crippen LogP contribution in [0.4, 0.5) is 11.7 Å². The molecule has 35 heavy (non-hydrogen) atoms. The van der Waals surface area contributed by atoms with Crippen molar-refractivity contribution in [3.05, 3.63) is 60.0 Å². The predicted molar refractivity (Wildman–Crippen MR) is 131 cm³/mol. The van der Waals surface area contributed by atoms with Crippen molar-refractivity contribution in [2.75, 3.05) is 19.0 Å². The van der Waals surface area contributed by atoms with Crippen molar-refractivity contribution in [1.29, 1.82) is 0 Å². The van der Waals surface area contributed by atoms with Crippen LogP contribution in [0.15, 0.2) is 52.9 Å². The molecule has 7 heteroatoms. The van der Waals surface area contributed by atoms with E-state index in [4.69, 9.17) is 13.9 Å². The summed E-state index contributed by atoms with van der Waals surface area (Å²) in [6.45, 7) is 0.626. The van der Waals surface area contributed by atoms with Crippen molar-refractivity contribution < 1.29 is 18.7 Å². The minimum absolute atomic E-state index is 0.0510. The lowest BCUT2D eigenvalue weighted by molar-refractivity contribution is -0.196. The van der Waals surface area contributed by atoms with Crippen LogP contribution in [0.5, 0.6) is 0 Å². The fourth-order valence-electron chi connectivity index (χ4n) is 5.68. The minimum atomic E-state index is -0.230. The van der Waals surface area contributed by atoms with Crippen molar-refractivity contribution in [3.8, 4) is 11.1 Å². The summed E-state index contributed by atoms with van der Waals surface area (Å²) in [6.07, 6.45) is 7.86. The van der Waals surface area contributed by atoms with E-state index in [2.05, 4.69) is 51.9 Å². The van der Waals surface area contributed by atoms with E-state index in [0.717, 1.165) is 61.2 Å². The fourth-order valence-corrected chi connectivity index (χ4v) is 5.68. The molecule has 4 fully saturated rings. The smallest absolute Gasteiger partial charge is 0.320 e. The molecule has 2 aliphatic heterocycles. The van der Waals surface area contributed by atoms with E-state index < -0.39 is 0 Å². The number of carbonyl (C=O) groups is 1. The highest BCUT2D eigenvalue weighted by atomic mass is 16.5. The van der Waals surface area contributed by atoms with Gasteiger partial charge < -0.3 is 19.2 Å². The standard InChI is InChI=1S/C28H31N3O4/c1-33-24(32)17-27-13-15-28(16-14-27,34-18-27)22-9-5-19(6-10-22)20-7-11-23(12-8-20)29-26-31-30-25(35-26)21-3-2-4-21/h5-12,21H,2-4,13-18H2,1H3,(H,29,31). The van der Waals surface area contributed by atoms with Crippen LogP contribution in [0.1, 0.15) is 68.7 Å². The van der Waals surface area contributed by atoms with Gasteiger partial charge in [-0.3, -0.25) is 4.79 Å². The first-order chi connectivity index (χ1) is 17.1. The second kappa shape index (κ2) is 8.79. The molecule has 4 aliphatic rings.